The molecule has 4 heteroatoms. The van der Waals surface area contributed by atoms with Crippen LogP contribution in [0.2, 0.25) is 0 Å². The Bertz CT molecular complexity index is 218. The van der Waals surface area contributed by atoms with E-state index in [1.165, 1.54) is 0 Å². The second-order valence-corrected chi connectivity index (χ2v) is 3.35. The van der Waals surface area contributed by atoms with E-state index >= 15 is 0 Å². The summed E-state index contributed by atoms with van der Waals surface area (Å²) in [5.74, 6) is 0. The number of rotatable bonds is 4. The van der Waals surface area contributed by atoms with Crippen LogP contribution in [0.5, 0.6) is 0 Å². The van der Waals surface area contributed by atoms with E-state index in [1.807, 2.05) is 6.92 Å². The molecule has 0 heterocycles. The van der Waals surface area contributed by atoms with Gasteiger partial charge in [-0.1, -0.05) is 6.08 Å². The maximum atomic E-state index is 12.1. The highest BCUT2D eigenvalue weighted by Gasteiger charge is 2.30. The van der Waals surface area contributed by atoms with Gasteiger partial charge in [-0.25, -0.2) is 0 Å². The summed E-state index contributed by atoms with van der Waals surface area (Å²) in [6.45, 7) is 6.46. The second-order valence-electron chi connectivity index (χ2n) is 3.35. The third-order valence-electron chi connectivity index (χ3n) is 2.05. The molecule has 0 bridgehead atoms. The van der Waals surface area contributed by atoms with Gasteiger partial charge in [0.05, 0.1) is 0 Å². The van der Waals surface area contributed by atoms with Crippen molar-refractivity contribution in [1.82, 2.24) is 4.90 Å². The lowest BCUT2D eigenvalue weighted by Gasteiger charge is -2.23. The molecule has 1 atom stereocenters. The molecule has 0 aromatic heterocycles. The van der Waals surface area contributed by atoms with E-state index in [0.717, 1.165) is 13.1 Å². The summed E-state index contributed by atoms with van der Waals surface area (Å²) in [6.07, 6.45) is -0.758. The summed E-state index contributed by atoms with van der Waals surface area (Å²) in [5.41, 5.74) is -0.587. The number of allylic oxidation sites excluding steroid dienone is 1. The number of nitrogens with zero attached hydrogens (tertiary/aromatic N) is 1. The Balaban J connectivity index is 4.42. The summed E-state index contributed by atoms with van der Waals surface area (Å²) in [5, 5.41) is 0. The highest BCUT2D eigenvalue weighted by Crippen LogP contribution is 2.25. The normalized spacial score (nSPS) is 15.1. The molecule has 0 aliphatic carbocycles. The molecule has 0 aromatic rings. The largest absolute Gasteiger partial charge is 0.413 e. The molecule has 0 aromatic carbocycles. The fourth-order valence-electron chi connectivity index (χ4n) is 0.913. The van der Waals surface area contributed by atoms with Gasteiger partial charge in [0.1, 0.15) is 0 Å². The zero-order valence-electron chi connectivity index (χ0n) is 8.73. The first kappa shape index (κ1) is 13.1. The van der Waals surface area contributed by atoms with Crippen LogP contribution < -0.4 is 0 Å². The SMILES string of the molecule is C=CCC(C)N(C)/C=C(\C)C(F)(F)F. The third kappa shape index (κ3) is 4.35. The van der Waals surface area contributed by atoms with Crippen molar-refractivity contribution in [1.29, 1.82) is 0 Å². The lowest BCUT2D eigenvalue weighted by atomic mass is 10.2. The molecule has 14 heavy (non-hydrogen) atoms. The van der Waals surface area contributed by atoms with Crippen LogP contribution in [0, 0.1) is 0 Å². The van der Waals surface area contributed by atoms with Crippen molar-refractivity contribution in [3.05, 3.63) is 24.4 Å². The van der Waals surface area contributed by atoms with Gasteiger partial charge in [-0.15, -0.1) is 6.58 Å². The first-order valence-electron chi connectivity index (χ1n) is 4.37. The topological polar surface area (TPSA) is 3.24 Å². The van der Waals surface area contributed by atoms with Crippen LogP contribution in [0.4, 0.5) is 13.2 Å². The Morgan fingerprint density at radius 3 is 2.36 bits per heavy atom. The average Bonchev–Trinajstić information content (AvgIpc) is 2.02. The van der Waals surface area contributed by atoms with Crippen molar-refractivity contribution in [2.75, 3.05) is 7.05 Å². The highest BCUT2D eigenvalue weighted by atomic mass is 19.4. The van der Waals surface area contributed by atoms with Gasteiger partial charge >= 0.3 is 6.18 Å². The monoisotopic (exact) mass is 207 g/mol. The molecule has 0 spiro atoms. The van der Waals surface area contributed by atoms with Gasteiger partial charge in [-0.05, 0) is 20.3 Å². The minimum Gasteiger partial charge on any atom is -0.377 e. The Morgan fingerprint density at radius 2 is 2.00 bits per heavy atom. The van der Waals surface area contributed by atoms with Crippen LogP contribution >= 0.6 is 0 Å². The first-order valence-corrected chi connectivity index (χ1v) is 4.37. The van der Waals surface area contributed by atoms with E-state index in [-0.39, 0.29) is 6.04 Å². The van der Waals surface area contributed by atoms with Gasteiger partial charge in [-0.2, -0.15) is 13.2 Å². The van der Waals surface area contributed by atoms with Crippen LogP contribution in [0.15, 0.2) is 24.4 Å². The van der Waals surface area contributed by atoms with Gasteiger partial charge in [0, 0.05) is 24.9 Å². The predicted octanol–water partition coefficient (Wildman–Crippen LogP) is 3.35. The van der Waals surface area contributed by atoms with Crippen molar-refractivity contribution in [3.63, 3.8) is 0 Å². The predicted molar refractivity (Wildman–Crippen MR) is 51.9 cm³/mol. The van der Waals surface area contributed by atoms with Crippen LogP contribution in [0.3, 0.4) is 0 Å². The van der Waals surface area contributed by atoms with E-state index in [4.69, 9.17) is 0 Å². The minimum absolute atomic E-state index is 0.0322. The number of hydrogen-bond acceptors (Lipinski definition) is 1. The highest BCUT2D eigenvalue weighted by molar-refractivity contribution is 5.04. The Morgan fingerprint density at radius 1 is 1.50 bits per heavy atom. The zero-order valence-corrected chi connectivity index (χ0v) is 8.73. The van der Waals surface area contributed by atoms with E-state index in [1.54, 1.807) is 18.0 Å². The molecule has 0 radical (unpaired) electrons. The third-order valence-corrected chi connectivity index (χ3v) is 2.05. The molecule has 0 amide bonds. The zero-order chi connectivity index (χ0) is 11.4. The van der Waals surface area contributed by atoms with E-state index < -0.39 is 11.7 Å². The second kappa shape index (κ2) is 5.08. The molecule has 0 saturated carbocycles. The van der Waals surface area contributed by atoms with E-state index in [9.17, 15) is 13.2 Å². The summed E-state index contributed by atoms with van der Waals surface area (Å²) in [4.78, 5) is 1.55. The first-order chi connectivity index (χ1) is 6.29. The standard InChI is InChI=1S/C10H16F3N/c1-5-6-9(3)14(4)7-8(2)10(11,12)13/h5,7,9H,1,6H2,2-4H3/b8-7+. The fourth-order valence-corrected chi connectivity index (χ4v) is 0.913. The van der Waals surface area contributed by atoms with Crippen molar-refractivity contribution >= 4 is 0 Å². The quantitative estimate of drug-likeness (QED) is 0.639. The lowest BCUT2D eigenvalue weighted by Crippen LogP contribution is -2.25. The van der Waals surface area contributed by atoms with Crippen molar-refractivity contribution < 1.29 is 13.2 Å². The molecule has 82 valence electrons. The maximum absolute atomic E-state index is 12.1. The molecule has 0 fully saturated rings. The summed E-state index contributed by atoms with van der Waals surface area (Å²) in [7, 11) is 1.63. The number of alkyl halides is 3. The number of hydrogen-bond donors (Lipinski definition) is 0. The lowest BCUT2D eigenvalue weighted by molar-refractivity contribution is -0.0924. The Kier molecular flexibility index (Phi) is 4.74. The van der Waals surface area contributed by atoms with Crippen LogP contribution in [-0.2, 0) is 0 Å². The van der Waals surface area contributed by atoms with Gasteiger partial charge in [0.2, 0.25) is 0 Å². The van der Waals surface area contributed by atoms with Gasteiger partial charge < -0.3 is 4.90 Å². The van der Waals surface area contributed by atoms with Crippen LogP contribution in [0.25, 0.3) is 0 Å². The molecule has 0 aliphatic rings. The molecule has 0 saturated heterocycles. The molecule has 1 unspecified atom stereocenters. The maximum Gasteiger partial charge on any atom is 0.413 e. The van der Waals surface area contributed by atoms with Gasteiger partial charge in [0.25, 0.3) is 0 Å². The van der Waals surface area contributed by atoms with E-state index in [2.05, 4.69) is 6.58 Å². The molecular weight excluding hydrogens is 191 g/mol. The van der Waals surface area contributed by atoms with Gasteiger partial charge in [-0.3, -0.25) is 0 Å². The molecule has 0 N–H and O–H groups in total. The Hall–Kier alpha value is -0.930. The van der Waals surface area contributed by atoms with Crippen LogP contribution in [-0.4, -0.2) is 24.2 Å². The van der Waals surface area contributed by atoms with Gasteiger partial charge in [0.15, 0.2) is 0 Å². The number of halogens is 3. The average molecular weight is 207 g/mol. The summed E-state index contributed by atoms with van der Waals surface area (Å²) < 4.78 is 36.4. The fraction of sp³-hybridized carbons (Fsp3) is 0.600. The summed E-state index contributed by atoms with van der Waals surface area (Å²) in [6, 6.07) is 0.0322. The summed E-state index contributed by atoms with van der Waals surface area (Å²) >= 11 is 0. The van der Waals surface area contributed by atoms with Crippen molar-refractivity contribution in [2.45, 2.75) is 32.5 Å². The van der Waals surface area contributed by atoms with Crippen molar-refractivity contribution in [2.24, 2.45) is 0 Å². The van der Waals surface area contributed by atoms with E-state index in [0.29, 0.717) is 6.42 Å². The minimum atomic E-state index is -4.23. The molecule has 0 rings (SSSR count). The smallest absolute Gasteiger partial charge is 0.377 e. The molecule has 0 aliphatic heterocycles. The molecule has 1 nitrogen and oxygen atoms in total. The van der Waals surface area contributed by atoms with Crippen molar-refractivity contribution in [3.8, 4) is 0 Å². The Labute approximate surface area is 82.9 Å². The molecular formula is C10H16F3N. The van der Waals surface area contributed by atoms with Crippen LogP contribution in [0.1, 0.15) is 20.3 Å².